The molecule has 0 aliphatic rings. The Bertz CT molecular complexity index is 91.5. The first-order valence-electron chi connectivity index (χ1n) is 1.43. The maximum Gasteiger partial charge on any atom is 0.547 e. The summed E-state index contributed by atoms with van der Waals surface area (Å²) in [7, 11) is 0. The van der Waals surface area contributed by atoms with Crippen LogP contribution in [0.5, 0.6) is 0 Å². The summed E-state index contributed by atoms with van der Waals surface area (Å²) in [6.45, 7) is 0. The van der Waals surface area contributed by atoms with Crippen molar-refractivity contribution in [3.8, 4) is 0 Å². The minimum Gasteiger partial charge on any atom is -0.447 e. The monoisotopic (exact) mass is 140 g/mol. The van der Waals surface area contributed by atoms with Crippen molar-refractivity contribution in [1.29, 1.82) is 0 Å². The highest BCUT2D eigenvalue weighted by Gasteiger charge is 2.01. The molecule has 0 unspecified atom stereocenters. The Labute approximate surface area is 48.7 Å². The third-order valence-electron chi connectivity index (χ3n) is 0.184. The average Bonchev–Trinajstić information content (AvgIpc) is 1.61. The Morgan fingerprint density at radius 1 is 1.00 bits per heavy atom. The Morgan fingerprint density at radius 3 is 1.33 bits per heavy atom. The van der Waals surface area contributed by atoms with Crippen molar-refractivity contribution < 1.29 is 35.1 Å². The minimum absolute atomic E-state index is 0. The quantitative estimate of drug-likeness (QED) is 0.344. The summed E-state index contributed by atoms with van der Waals surface area (Å²) in [5, 5.41) is 15.1. The molecule has 7 heteroatoms. The van der Waals surface area contributed by atoms with Crippen LogP contribution in [0.2, 0.25) is 0 Å². The van der Waals surface area contributed by atoms with Crippen molar-refractivity contribution in [2.24, 2.45) is 0 Å². The van der Waals surface area contributed by atoms with Crippen LogP contribution < -0.4 is 0 Å². The number of rotatable bonds is 0. The summed E-state index contributed by atoms with van der Waals surface area (Å²) in [6.07, 6.45) is -3.60. The summed E-state index contributed by atoms with van der Waals surface area (Å²) in [5.74, 6) is 0. The van der Waals surface area contributed by atoms with E-state index in [0.29, 0.717) is 0 Å². The van der Waals surface area contributed by atoms with Gasteiger partial charge in [0.15, 0.2) is 0 Å². The lowest BCUT2D eigenvalue weighted by atomic mass is 11.4. The largest absolute Gasteiger partial charge is 0.547 e. The summed E-state index contributed by atoms with van der Waals surface area (Å²) in [4.78, 5) is 24.8. The highest BCUT2D eigenvalue weighted by Crippen LogP contribution is 1.78. The second-order valence-corrected chi connectivity index (χ2v) is 0.698. The molecule has 4 N–H and O–H groups in total. The molecule has 54 valence electrons. The first-order valence-corrected chi connectivity index (χ1v) is 1.43. The Hall–Kier alpha value is -1.50. The van der Waals surface area contributed by atoms with E-state index in [9.17, 15) is 9.59 Å². The zero-order chi connectivity index (χ0) is 6.57. The molecule has 0 aromatic rings. The van der Waals surface area contributed by atoms with E-state index in [1.54, 1.807) is 0 Å². The van der Waals surface area contributed by atoms with E-state index in [1.807, 2.05) is 0 Å². The van der Waals surface area contributed by atoms with E-state index in [2.05, 4.69) is 9.78 Å². The minimum atomic E-state index is -1.80. The normalized spacial score (nSPS) is 6.67. The standard InChI is InChI=1S/C2H2O6.H2O/c3-1(4)7-8-2(5)6;/h(H,3,4)(H,5,6);1H2. The molecule has 7 nitrogen and oxygen atoms in total. The number of carbonyl (C=O) groups is 2. The van der Waals surface area contributed by atoms with E-state index in [4.69, 9.17) is 10.2 Å². The zero-order valence-corrected chi connectivity index (χ0v) is 4.03. The Balaban J connectivity index is 0. The molecule has 0 spiro atoms. The number of hydrogen-bond acceptors (Lipinski definition) is 4. The van der Waals surface area contributed by atoms with Gasteiger partial charge in [0.2, 0.25) is 0 Å². The smallest absolute Gasteiger partial charge is 0.447 e. The molecule has 0 atom stereocenters. The fourth-order valence-electron chi connectivity index (χ4n) is 0.0713. The third kappa shape index (κ3) is 10.7. The second kappa shape index (κ2) is 4.65. The summed E-state index contributed by atoms with van der Waals surface area (Å²) in [6, 6.07) is 0. The lowest BCUT2D eigenvalue weighted by Crippen LogP contribution is -2.05. The van der Waals surface area contributed by atoms with Crippen LogP contribution in [0.15, 0.2) is 0 Å². The van der Waals surface area contributed by atoms with E-state index < -0.39 is 12.3 Å². The van der Waals surface area contributed by atoms with Crippen LogP contribution in [-0.4, -0.2) is 28.0 Å². The summed E-state index contributed by atoms with van der Waals surface area (Å²) < 4.78 is 0. The molecule has 0 saturated heterocycles. The van der Waals surface area contributed by atoms with Crippen molar-refractivity contribution in [3.63, 3.8) is 0 Å². The average molecular weight is 140 g/mol. The van der Waals surface area contributed by atoms with Gasteiger partial charge in [0, 0.05) is 0 Å². The highest BCUT2D eigenvalue weighted by atomic mass is 17.2. The Kier molecular flexibility index (Phi) is 5.42. The second-order valence-electron chi connectivity index (χ2n) is 0.698. The first kappa shape index (κ1) is 10.5. The van der Waals surface area contributed by atoms with Gasteiger partial charge >= 0.3 is 12.3 Å². The number of hydrogen-bond donors (Lipinski definition) is 2. The molecule has 0 bridgehead atoms. The maximum atomic E-state index is 9.29. The lowest BCUT2D eigenvalue weighted by Gasteiger charge is -1.89. The third-order valence-corrected chi connectivity index (χ3v) is 0.184. The molecule has 0 amide bonds. The van der Waals surface area contributed by atoms with Crippen molar-refractivity contribution in [2.75, 3.05) is 0 Å². The first-order chi connectivity index (χ1) is 3.63. The van der Waals surface area contributed by atoms with E-state index >= 15 is 0 Å². The molecule has 0 heterocycles. The van der Waals surface area contributed by atoms with Crippen LogP contribution in [0.1, 0.15) is 0 Å². The van der Waals surface area contributed by atoms with Gasteiger partial charge in [0.05, 0.1) is 0 Å². The van der Waals surface area contributed by atoms with Gasteiger partial charge in [-0.1, -0.05) is 0 Å². The van der Waals surface area contributed by atoms with Gasteiger partial charge in [-0.05, 0) is 0 Å². The molecule has 0 aromatic carbocycles. The van der Waals surface area contributed by atoms with Gasteiger partial charge in [0.25, 0.3) is 0 Å². The van der Waals surface area contributed by atoms with Crippen molar-refractivity contribution in [3.05, 3.63) is 0 Å². The predicted molar refractivity (Wildman–Crippen MR) is 21.8 cm³/mol. The molecule has 0 aliphatic carbocycles. The number of carboxylic acid groups (broad SMARTS) is 2. The molecule has 0 radical (unpaired) electrons. The van der Waals surface area contributed by atoms with E-state index in [1.165, 1.54) is 0 Å². The maximum absolute atomic E-state index is 9.29. The van der Waals surface area contributed by atoms with Gasteiger partial charge in [-0.15, -0.1) is 0 Å². The molecular formula is C2H4O7. The molecule has 0 aromatic heterocycles. The van der Waals surface area contributed by atoms with E-state index in [-0.39, 0.29) is 5.48 Å². The molecule has 0 fully saturated rings. The lowest BCUT2D eigenvalue weighted by molar-refractivity contribution is -0.208. The van der Waals surface area contributed by atoms with Crippen LogP contribution in [0.4, 0.5) is 9.59 Å². The summed E-state index contributed by atoms with van der Waals surface area (Å²) >= 11 is 0. The van der Waals surface area contributed by atoms with Crippen LogP contribution in [0, 0.1) is 0 Å². The van der Waals surface area contributed by atoms with Crippen LogP contribution in [0.3, 0.4) is 0 Å². The van der Waals surface area contributed by atoms with E-state index in [0.717, 1.165) is 0 Å². The molecule has 0 saturated carbocycles. The fourth-order valence-corrected chi connectivity index (χ4v) is 0.0713. The van der Waals surface area contributed by atoms with Gasteiger partial charge in [0.1, 0.15) is 0 Å². The van der Waals surface area contributed by atoms with Gasteiger partial charge in [-0.2, -0.15) is 0 Å². The molecular weight excluding hydrogens is 136 g/mol. The van der Waals surface area contributed by atoms with Crippen LogP contribution in [0.25, 0.3) is 0 Å². The molecule has 0 rings (SSSR count). The highest BCUT2D eigenvalue weighted by molar-refractivity contribution is 5.60. The van der Waals surface area contributed by atoms with Crippen molar-refractivity contribution >= 4 is 12.3 Å². The van der Waals surface area contributed by atoms with Gasteiger partial charge < -0.3 is 15.7 Å². The molecule has 0 aliphatic heterocycles. The van der Waals surface area contributed by atoms with Gasteiger partial charge in [-0.3, -0.25) is 0 Å². The zero-order valence-electron chi connectivity index (χ0n) is 4.03. The van der Waals surface area contributed by atoms with Gasteiger partial charge in [-0.25, -0.2) is 19.4 Å². The molecule has 9 heavy (non-hydrogen) atoms. The topological polar surface area (TPSA) is 125 Å². The summed E-state index contributed by atoms with van der Waals surface area (Å²) in [5.41, 5.74) is 0. The van der Waals surface area contributed by atoms with Crippen molar-refractivity contribution in [2.45, 2.75) is 0 Å². The van der Waals surface area contributed by atoms with Crippen LogP contribution >= 0.6 is 0 Å². The SMILES string of the molecule is O.O=C(O)OOC(=O)O. The Morgan fingerprint density at radius 2 is 1.22 bits per heavy atom. The van der Waals surface area contributed by atoms with Crippen LogP contribution in [-0.2, 0) is 9.78 Å². The fraction of sp³-hybridized carbons (Fsp3) is 0. The predicted octanol–water partition coefficient (Wildman–Crippen LogP) is -0.534. The van der Waals surface area contributed by atoms with Crippen molar-refractivity contribution in [1.82, 2.24) is 0 Å².